The van der Waals surface area contributed by atoms with Gasteiger partial charge in [-0.2, -0.15) is 0 Å². The molecule has 1 saturated heterocycles. The summed E-state index contributed by atoms with van der Waals surface area (Å²) in [6.45, 7) is 7.21. The fraction of sp³-hybridized carbons (Fsp3) is 0.311. The average Bonchev–Trinajstić information content (AvgIpc) is 3.20. The number of aryl methyl sites for hydroxylation is 1. The van der Waals surface area contributed by atoms with E-state index in [1.807, 2.05) is 37.3 Å². The lowest BCUT2D eigenvalue weighted by Crippen LogP contribution is -2.46. The SMILES string of the molecule is Cc1cc(S(=O)(=O)NC(=O)c2ccc(N3CCN(Cc4ccccc4-c4ccc(N(C)C)cc4)CC3)cc2)ccc1N[C@H](CCN(C)C)CSc1ccccc1. The number of hydrogen-bond acceptors (Lipinski definition) is 9. The molecule has 1 aliphatic rings. The molecule has 0 spiro atoms. The Kier molecular flexibility index (Phi) is 13.8. The van der Waals surface area contributed by atoms with Crippen LogP contribution in [0.3, 0.4) is 0 Å². The lowest BCUT2D eigenvalue weighted by atomic mass is 9.99. The zero-order valence-electron chi connectivity index (χ0n) is 33.1. The predicted octanol–water partition coefficient (Wildman–Crippen LogP) is 7.69. The number of thioether (sulfide) groups is 1. The number of anilines is 3. The smallest absolute Gasteiger partial charge is 0.264 e. The van der Waals surface area contributed by atoms with Crippen LogP contribution in [0.5, 0.6) is 0 Å². The third-order valence-electron chi connectivity index (χ3n) is 10.2. The number of nitrogens with one attached hydrogen (secondary N) is 2. The molecule has 2 N–H and O–H groups in total. The molecular formula is C45H54N6O3S2. The van der Waals surface area contributed by atoms with Crippen molar-refractivity contribution in [2.24, 2.45) is 0 Å². The van der Waals surface area contributed by atoms with Crippen molar-refractivity contribution in [2.45, 2.75) is 35.7 Å². The van der Waals surface area contributed by atoms with Crippen LogP contribution in [0.1, 0.15) is 27.9 Å². The maximum Gasteiger partial charge on any atom is 0.264 e. The largest absolute Gasteiger partial charge is 0.381 e. The standard InChI is InChI=1S/C45H54N6O3S2/c1-34-31-42(23-24-44(34)46-38(25-26-48(2)3)33-55-41-12-7-6-8-13-41)56(53,54)47-45(52)36-17-21-40(22-18-36)51-29-27-50(28-30-51)32-37-11-9-10-14-43(37)35-15-19-39(20-16-35)49(4)5/h6-24,31,38,46H,25-30,32-33H2,1-5H3,(H,47,52)/t38-/m1/s1. The van der Waals surface area contributed by atoms with Crippen LogP contribution in [0.25, 0.3) is 11.1 Å². The number of nitrogens with zero attached hydrogens (tertiary/aromatic N) is 4. The molecule has 294 valence electrons. The monoisotopic (exact) mass is 790 g/mol. The van der Waals surface area contributed by atoms with Gasteiger partial charge in [0.2, 0.25) is 0 Å². The number of hydrogen-bond donors (Lipinski definition) is 2. The second kappa shape index (κ2) is 18.9. The van der Waals surface area contributed by atoms with Crippen molar-refractivity contribution in [3.8, 4) is 11.1 Å². The van der Waals surface area contributed by atoms with Gasteiger partial charge in [0.25, 0.3) is 15.9 Å². The Morgan fingerprint density at radius 3 is 2.14 bits per heavy atom. The number of carbonyl (C=O) groups is 1. The molecule has 11 heteroatoms. The molecule has 0 aliphatic carbocycles. The van der Waals surface area contributed by atoms with Crippen molar-refractivity contribution in [1.29, 1.82) is 0 Å². The van der Waals surface area contributed by atoms with Crippen LogP contribution >= 0.6 is 11.8 Å². The summed E-state index contributed by atoms with van der Waals surface area (Å²) >= 11 is 1.80. The van der Waals surface area contributed by atoms with Gasteiger partial charge in [0, 0.05) is 86.1 Å². The van der Waals surface area contributed by atoms with Gasteiger partial charge in [0.05, 0.1) is 4.90 Å². The molecule has 5 aromatic rings. The first-order valence-electron chi connectivity index (χ1n) is 19.1. The van der Waals surface area contributed by atoms with E-state index in [4.69, 9.17) is 0 Å². The number of carbonyl (C=O) groups excluding carboxylic acids is 1. The Bertz CT molecular complexity index is 2150. The summed E-state index contributed by atoms with van der Waals surface area (Å²) < 4.78 is 29.0. The van der Waals surface area contributed by atoms with Crippen LogP contribution in [-0.4, -0.2) is 96.8 Å². The number of sulfonamides is 1. The van der Waals surface area contributed by atoms with Crippen LogP contribution in [0, 0.1) is 6.92 Å². The van der Waals surface area contributed by atoms with Gasteiger partial charge < -0.3 is 20.0 Å². The van der Waals surface area contributed by atoms with Gasteiger partial charge in [-0.3, -0.25) is 9.69 Å². The van der Waals surface area contributed by atoms with E-state index in [-0.39, 0.29) is 10.9 Å². The van der Waals surface area contributed by atoms with E-state index in [1.165, 1.54) is 27.3 Å². The molecule has 5 aromatic carbocycles. The summed E-state index contributed by atoms with van der Waals surface area (Å²) in [5, 5.41) is 3.64. The van der Waals surface area contributed by atoms with Crippen molar-refractivity contribution >= 4 is 44.8 Å². The molecule has 9 nitrogen and oxygen atoms in total. The topological polar surface area (TPSA) is 88.2 Å². The van der Waals surface area contributed by atoms with E-state index < -0.39 is 15.9 Å². The summed E-state index contributed by atoms with van der Waals surface area (Å²) in [6, 6.07) is 40.0. The molecule has 1 amide bonds. The molecule has 0 aromatic heterocycles. The molecule has 56 heavy (non-hydrogen) atoms. The lowest BCUT2D eigenvalue weighted by molar-refractivity contribution is 0.0981. The van der Waals surface area contributed by atoms with Crippen molar-refractivity contribution in [1.82, 2.24) is 14.5 Å². The van der Waals surface area contributed by atoms with Crippen molar-refractivity contribution in [3.05, 3.63) is 138 Å². The van der Waals surface area contributed by atoms with Crippen LogP contribution in [0.2, 0.25) is 0 Å². The van der Waals surface area contributed by atoms with Crippen LogP contribution in [0.4, 0.5) is 17.1 Å². The summed E-state index contributed by atoms with van der Waals surface area (Å²) in [4.78, 5) is 23.5. The van der Waals surface area contributed by atoms with Crippen molar-refractivity contribution < 1.29 is 13.2 Å². The zero-order chi connectivity index (χ0) is 39.7. The van der Waals surface area contributed by atoms with E-state index in [0.717, 1.165) is 68.4 Å². The van der Waals surface area contributed by atoms with Gasteiger partial charge in [0.15, 0.2) is 0 Å². The normalized spacial score (nSPS) is 14.1. The first-order chi connectivity index (χ1) is 26.9. The molecule has 0 bridgehead atoms. The predicted molar refractivity (Wildman–Crippen MR) is 234 cm³/mol. The highest BCUT2D eigenvalue weighted by Crippen LogP contribution is 2.28. The Morgan fingerprint density at radius 1 is 0.804 bits per heavy atom. The quantitative estimate of drug-likeness (QED) is 0.0978. The molecular weight excluding hydrogens is 737 g/mol. The summed E-state index contributed by atoms with van der Waals surface area (Å²) in [5.41, 5.74) is 7.94. The minimum absolute atomic E-state index is 0.0525. The summed E-state index contributed by atoms with van der Waals surface area (Å²) in [7, 11) is 4.14. The summed E-state index contributed by atoms with van der Waals surface area (Å²) in [5.74, 6) is 0.211. The molecule has 1 fully saturated rings. The molecule has 0 saturated carbocycles. The van der Waals surface area contributed by atoms with E-state index in [2.05, 4.69) is 118 Å². The first-order valence-corrected chi connectivity index (χ1v) is 21.6. The first kappa shape index (κ1) is 40.8. The maximum absolute atomic E-state index is 13.4. The van der Waals surface area contributed by atoms with Gasteiger partial charge in [-0.25, -0.2) is 13.1 Å². The third-order valence-corrected chi connectivity index (χ3v) is 12.7. The van der Waals surface area contributed by atoms with Gasteiger partial charge in [0.1, 0.15) is 0 Å². The van der Waals surface area contributed by atoms with Crippen molar-refractivity contribution in [2.75, 3.05) is 81.8 Å². The molecule has 0 radical (unpaired) electrons. The lowest BCUT2D eigenvalue weighted by Gasteiger charge is -2.36. The number of benzene rings is 5. The Labute approximate surface area is 337 Å². The highest BCUT2D eigenvalue weighted by molar-refractivity contribution is 7.99. The Balaban J connectivity index is 1.02. The number of piperazine rings is 1. The van der Waals surface area contributed by atoms with Gasteiger partial charge >= 0.3 is 0 Å². The van der Waals surface area contributed by atoms with Gasteiger partial charge in [-0.15, -0.1) is 11.8 Å². The van der Waals surface area contributed by atoms with E-state index >= 15 is 0 Å². The fourth-order valence-corrected chi connectivity index (χ4v) is 8.91. The van der Waals surface area contributed by atoms with Crippen LogP contribution < -0.4 is 19.8 Å². The highest BCUT2D eigenvalue weighted by atomic mass is 32.2. The van der Waals surface area contributed by atoms with Crippen LogP contribution in [0.15, 0.2) is 131 Å². The van der Waals surface area contributed by atoms with Gasteiger partial charge in [-0.05, 0) is 123 Å². The molecule has 0 unspecified atom stereocenters. The fourth-order valence-electron chi connectivity index (χ4n) is 6.86. The van der Waals surface area contributed by atoms with Crippen molar-refractivity contribution in [3.63, 3.8) is 0 Å². The summed E-state index contributed by atoms with van der Waals surface area (Å²) in [6.07, 6.45) is 0.931. The second-order valence-electron chi connectivity index (χ2n) is 14.9. The zero-order valence-corrected chi connectivity index (χ0v) is 34.7. The highest BCUT2D eigenvalue weighted by Gasteiger charge is 2.22. The van der Waals surface area contributed by atoms with E-state index in [9.17, 15) is 13.2 Å². The molecule has 6 rings (SSSR count). The molecule has 1 aliphatic heterocycles. The number of amides is 1. The second-order valence-corrected chi connectivity index (χ2v) is 17.7. The Hall–Kier alpha value is -4.81. The van der Waals surface area contributed by atoms with Gasteiger partial charge in [-0.1, -0.05) is 54.6 Å². The van der Waals surface area contributed by atoms with Crippen LogP contribution in [-0.2, 0) is 16.6 Å². The Morgan fingerprint density at radius 2 is 1.48 bits per heavy atom. The number of rotatable bonds is 16. The van der Waals surface area contributed by atoms with E-state index in [0.29, 0.717) is 5.56 Å². The molecule has 1 atom stereocenters. The third kappa shape index (κ3) is 10.9. The minimum atomic E-state index is -4.09. The molecule has 1 heterocycles. The average molecular weight is 791 g/mol. The van der Waals surface area contributed by atoms with E-state index in [1.54, 1.807) is 42.1 Å². The minimum Gasteiger partial charge on any atom is -0.381 e. The maximum atomic E-state index is 13.4.